The van der Waals surface area contributed by atoms with E-state index in [0.717, 1.165) is 63.3 Å². The number of likely N-dealkylation sites (tertiary alicyclic amines) is 1. The number of nitrogens with zero attached hydrogens (tertiary/aromatic N) is 5. The molecule has 2 saturated heterocycles. The standard InChI is InChI=1S/C23H33ClN6O/c1-3-25-23(30-8-7-19(17-30)20-14-27-28(2)16-20)26-15-22(29-9-11-31-12-10-29)18-5-4-6-21(24)13-18/h4-6,13-14,16,19,22H,3,7-12,15,17H2,1-2H3,(H,25,26). The maximum Gasteiger partial charge on any atom is 0.194 e. The Morgan fingerprint density at radius 1 is 1.32 bits per heavy atom. The number of hydrogen-bond acceptors (Lipinski definition) is 4. The van der Waals surface area contributed by atoms with E-state index in [-0.39, 0.29) is 6.04 Å². The van der Waals surface area contributed by atoms with Crippen molar-refractivity contribution in [2.45, 2.75) is 25.3 Å². The van der Waals surface area contributed by atoms with Crippen LogP contribution < -0.4 is 5.32 Å². The zero-order valence-corrected chi connectivity index (χ0v) is 19.3. The molecule has 2 atom stereocenters. The van der Waals surface area contributed by atoms with Gasteiger partial charge in [-0.2, -0.15) is 5.10 Å². The summed E-state index contributed by atoms with van der Waals surface area (Å²) in [5, 5.41) is 8.62. The van der Waals surface area contributed by atoms with Crippen LogP contribution >= 0.6 is 11.6 Å². The quantitative estimate of drug-likeness (QED) is 0.548. The Kier molecular flexibility index (Phi) is 7.48. The first-order valence-electron chi connectivity index (χ1n) is 11.2. The summed E-state index contributed by atoms with van der Waals surface area (Å²) in [5.74, 6) is 1.50. The molecular formula is C23H33ClN6O. The van der Waals surface area contributed by atoms with Crippen molar-refractivity contribution in [2.75, 3.05) is 52.5 Å². The van der Waals surface area contributed by atoms with Crippen molar-refractivity contribution < 1.29 is 4.74 Å². The highest BCUT2D eigenvalue weighted by molar-refractivity contribution is 6.30. The molecule has 0 saturated carbocycles. The number of rotatable bonds is 6. The van der Waals surface area contributed by atoms with E-state index in [4.69, 9.17) is 21.3 Å². The second-order valence-electron chi connectivity index (χ2n) is 8.29. The summed E-state index contributed by atoms with van der Waals surface area (Å²) in [6.45, 7) is 9.00. The molecule has 3 heterocycles. The molecule has 168 valence electrons. The molecule has 1 aromatic carbocycles. The van der Waals surface area contributed by atoms with Crippen molar-refractivity contribution in [1.29, 1.82) is 0 Å². The Morgan fingerprint density at radius 3 is 2.87 bits per heavy atom. The fourth-order valence-electron chi connectivity index (χ4n) is 4.51. The van der Waals surface area contributed by atoms with Gasteiger partial charge in [-0.3, -0.25) is 14.6 Å². The predicted octanol–water partition coefficient (Wildman–Crippen LogP) is 2.90. The van der Waals surface area contributed by atoms with Crippen LogP contribution in [0, 0.1) is 0 Å². The Hall–Kier alpha value is -2.09. The van der Waals surface area contributed by atoms with Crippen molar-refractivity contribution in [3.05, 3.63) is 52.8 Å². The van der Waals surface area contributed by atoms with Crippen LogP contribution in [-0.4, -0.2) is 78.0 Å². The molecule has 0 radical (unpaired) electrons. The maximum absolute atomic E-state index is 6.31. The third kappa shape index (κ3) is 5.59. The highest BCUT2D eigenvalue weighted by Crippen LogP contribution is 2.28. The highest BCUT2D eigenvalue weighted by Gasteiger charge is 2.28. The third-order valence-electron chi connectivity index (χ3n) is 6.15. The van der Waals surface area contributed by atoms with E-state index >= 15 is 0 Å². The van der Waals surface area contributed by atoms with Gasteiger partial charge >= 0.3 is 0 Å². The number of nitrogens with one attached hydrogen (secondary N) is 1. The number of halogens is 1. The van der Waals surface area contributed by atoms with Gasteiger partial charge in [-0.15, -0.1) is 0 Å². The van der Waals surface area contributed by atoms with Crippen LogP contribution in [0.1, 0.15) is 36.4 Å². The van der Waals surface area contributed by atoms with Gasteiger partial charge < -0.3 is 15.0 Å². The van der Waals surface area contributed by atoms with Crippen LogP contribution in [0.3, 0.4) is 0 Å². The minimum atomic E-state index is 0.188. The fourth-order valence-corrected chi connectivity index (χ4v) is 4.71. The van der Waals surface area contributed by atoms with Gasteiger partial charge in [0.25, 0.3) is 0 Å². The lowest BCUT2D eigenvalue weighted by molar-refractivity contribution is 0.0179. The highest BCUT2D eigenvalue weighted by atomic mass is 35.5. The number of morpholine rings is 1. The minimum absolute atomic E-state index is 0.188. The normalized spacial score (nSPS) is 21.5. The van der Waals surface area contributed by atoms with Crippen LogP contribution in [0.25, 0.3) is 0 Å². The molecule has 2 aliphatic rings. The van der Waals surface area contributed by atoms with Crippen molar-refractivity contribution in [1.82, 2.24) is 24.9 Å². The van der Waals surface area contributed by atoms with Gasteiger partial charge in [0.15, 0.2) is 5.96 Å². The van der Waals surface area contributed by atoms with E-state index in [1.54, 1.807) is 0 Å². The van der Waals surface area contributed by atoms with Crippen LogP contribution in [0.15, 0.2) is 41.7 Å². The monoisotopic (exact) mass is 444 g/mol. The number of aliphatic imine (C=N–C) groups is 1. The minimum Gasteiger partial charge on any atom is -0.379 e. The molecule has 0 spiro atoms. The lowest BCUT2D eigenvalue weighted by Gasteiger charge is -2.34. The van der Waals surface area contributed by atoms with Gasteiger partial charge in [0.2, 0.25) is 0 Å². The van der Waals surface area contributed by atoms with E-state index in [2.05, 4.69) is 45.5 Å². The average molecular weight is 445 g/mol. The van der Waals surface area contributed by atoms with Gasteiger partial charge in [0, 0.05) is 56.9 Å². The van der Waals surface area contributed by atoms with Crippen LogP contribution in [0.2, 0.25) is 5.02 Å². The predicted molar refractivity (Wildman–Crippen MR) is 125 cm³/mol. The second-order valence-corrected chi connectivity index (χ2v) is 8.73. The largest absolute Gasteiger partial charge is 0.379 e. The maximum atomic E-state index is 6.31. The van der Waals surface area contributed by atoms with E-state index in [9.17, 15) is 0 Å². The van der Waals surface area contributed by atoms with E-state index in [1.165, 1.54) is 11.1 Å². The first kappa shape index (κ1) is 22.1. The molecule has 0 bridgehead atoms. The molecule has 2 aliphatic heterocycles. The lowest BCUT2D eigenvalue weighted by Crippen LogP contribution is -2.42. The molecule has 1 aromatic heterocycles. The average Bonchev–Trinajstić information content (AvgIpc) is 3.43. The summed E-state index contributed by atoms with van der Waals surface area (Å²) >= 11 is 6.31. The molecule has 1 N–H and O–H groups in total. The van der Waals surface area contributed by atoms with E-state index < -0.39 is 0 Å². The Morgan fingerprint density at radius 2 is 2.16 bits per heavy atom. The molecule has 8 heteroatoms. The smallest absolute Gasteiger partial charge is 0.194 e. The first-order valence-corrected chi connectivity index (χ1v) is 11.6. The number of aromatic nitrogens is 2. The van der Waals surface area contributed by atoms with Gasteiger partial charge in [0.05, 0.1) is 32.0 Å². The molecule has 2 unspecified atom stereocenters. The number of aryl methyl sites for hydroxylation is 1. The molecule has 2 aromatic rings. The molecule has 0 amide bonds. The Labute approximate surface area is 190 Å². The van der Waals surface area contributed by atoms with E-state index in [0.29, 0.717) is 12.5 Å². The molecule has 7 nitrogen and oxygen atoms in total. The van der Waals surface area contributed by atoms with Crippen molar-refractivity contribution in [3.8, 4) is 0 Å². The van der Waals surface area contributed by atoms with Gasteiger partial charge in [-0.25, -0.2) is 0 Å². The molecule has 4 rings (SSSR count). The van der Waals surface area contributed by atoms with Gasteiger partial charge in [0.1, 0.15) is 0 Å². The summed E-state index contributed by atoms with van der Waals surface area (Å²) in [6.07, 6.45) is 5.25. The summed E-state index contributed by atoms with van der Waals surface area (Å²) in [4.78, 5) is 9.94. The second kappa shape index (κ2) is 10.5. The van der Waals surface area contributed by atoms with Crippen LogP contribution in [0.5, 0.6) is 0 Å². The Bertz CT molecular complexity index is 878. The summed E-state index contributed by atoms with van der Waals surface area (Å²) in [5.41, 5.74) is 2.52. The third-order valence-corrected chi connectivity index (χ3v) is 6.39. The number of ether oxygens (including phenoxy) is 1. The number of guanidine groups is 1. The van der Waals surface area contributed by atoms with Crippen LogP contribution in [0.4, 0.5) is 0 Å². The Balaban J connectivity index is 1.50. The fraction of sp³-hybridized carbons (Fsp3) is 0.565. The number of hydrogen-bond donors (Lipinski definition) is 1. The van der Waals surface area contributed by atoms with E-state index in [1.807, 2.05) is 30.1 Å². The van der Waals surface area contributed by atoms with Gasteiger partial charge in [-0.1, -0.05) is 23.7 Å². The zero-order chi connectivity index (χ0) is 21.6. The van der Waals surface area contributed by atoms with Crippen molar-refractivity contribution in [3.63, 3.8) is 0 Å². The molecule has 2 fully saturated rings. The summed E-state index contributed by atoms with van der Waals surface area (Å²) < 4.78 is 7.46. The van der Waals surface area contributed by atoms with Crippen LogP contribution in [-0.2, 0) is 11.8 Å². The zero-order valence-electron chi connectivity index (χ0n) is 18.5. The molecule has 31 heavy (non-hydrogen) atoms. The SMILES string of the molecule is CCNC(=NCC(c1cccc(Cl)c1)N1CCOCC1)N1CCC(c2cnn(C)c2)C1. The lowest BCUT2D eigenvalue weighted by atomic mass is 10.0. The first-order chi connectivity index (χ1) is 15.1. The molecule has 0 aliphatic carbocycles. The number of benzene rings is 1. The van der Waals surface area contributed by atoms with Gasteiger partial charge in [-0.05, 0) is 36.6 Å². The summed E-state index contributed by atoms with van der Waals surface area (Å²) in [6, 6.07) is 8.37. The molecular weight excluding hydrogens is 412 g/mol. The summed E-state index contributed by atoms with van der Waals surface area (Å²) in [7, 11) is 1.98. The topological polar surface area (TPSA) is 57.9 Å². The van der Waals surface area contributed by atoms with Crippen molar-refractivity contribution >= 4 is 17.6 Å². The van der Waals surface area contributed by atoms with Crippen molar-refractivity contribution in [2.24, 2.45) is 12.0 Å².